The van der Waals surface area contributed by atoms with E-state index in [4.69, 9.17) is 5.73 Å². The van der Waals surface area contributed by atoms with E-state index >= 15 is 0 Å². The molecule has 1 unspecified atom stereocenters. The summed E-state index contributed by atoms with van der Waals surface area (Å²) >= 11 is 3.44. The lowest BCUT2D eigenvalue weighted by Crippen LogP contribution is -2.47. The Kier molecular flexibility index (Phi) is 5.64. The Balaban J connectivity index is 2.36. The molecule has 0 bridgehead atoms. The molecule has 0 aliphatic rings. The molecular formula is C12H16BrN3O2. The summed E-state index contributed by atoms with van der Waals surface area (Å²) in [7, 11) is 0. The molecule has 5 nitrogen and oxygen atoms in total. The van der Waals surface area contributed by atoms with Gasteiger partial charge in [-0.1, -0.05) is 34.1 Å². The number of amides is 3. The summed E-state index contributed by atoms with van der Waals surface area (Å²) in [5.74, 6) is -0.249. The van der Waals surface area contributed by atoms with Gasteiger partial charge < -0.3 is 16.4 Å². The average Bonchev–Trinajstić information content (AvgIpc) is 2.30. The summed E-state index contributed by atoms with van der Waals surface area (Å²) < 4.78 is 1.02. The first-order valence-corrected chi connectivity index (χ1v) is 6.37. The molecule has 0 radical (unpaired) electrons. The fourth-order valence-electron chi connectivity index (χ4n) is 1.45. The van der Waals surface area contributed by atoms with Gasteiger partial charge in [0.25, 0.3) is 0 Å². The van der Waals surface area contributed by atoms with E-state index in [1.165, 1.54) is 0 Å². The number of rotatable bonds is 5. The molecule has 1 aromatic rings. The molecule has 3 amide bonds. The van der Waals surface area contributed by atoms with Crippen LogP contribution in [0.25, 0.3) is 0 Å². The lowest BCUT2D eigenvalue weighted by molar-refractivity contribution is -0.122. The molecule has 0 spiro atoms. The van der Waals surface area contributed by atoms with Crippen LogP contribution in [0.15, 0.2) is 28.7 Å². The van der Waals surface area contributed by atoms with Gasteiger partial charge in [-0.15, -0.1) is 0 Å². The first-order valence-electron chi connectivity index (χ1n) is 5.58. The van der Waals surface area contributed by atoms with Crippen molar-refractivity contribution < 1.29 is 9.59 Å². The molecule has 0 saturated heterocycles. The topological polar surface area (TPSA) is 84.2 Å². The Labute approximate surface area is 114 Å². The summed E-state index contributed by atoms with van der Waals surface area (Å²) in [6, 6.07) is 6.49. The number of carbonyl (C=O) groups is 2. The van der Waals surface area contributed by atoms with Gasteiger partial charge in [0.05, 0.1) is 0 Å². The van der Waals surface area contributed by atoms with Crippen molar-refractivity contribution in [3.63, 3.8) is 0 Å². The fourth-order valence-corrected chi connectivity index (χ4v) is 1.94. The van der Waals surface area contributed by atoms with Crippen molar-refractivity contribution in [2.24, 2.45) is 5.73 Å². The SMILES string of the molecule is CC(NC(N)=O)C(=O)NCCc1ccccc1Br. The van der Waals surface area contributed by atoms with Gasteiger partial charge in [-0.25, -0.2) is 4.79 Å². The van der Waals surface area contributed by atoms with Crippen LogP contribution in [0.5, 0.6) is 0 Å². The van der Waals surface area contributed by atoms with Gasteiger partial charge >= 0.3 is 6.03 Å². The lowest BCUT2D eigenvalue weighted by atomic mass is 10.1. The lowest BCUT2D eigenvalue weighted by Gasteiger charge is -2.12. The van der Waals surface area contributed by atoms with E-state index in [-0.39, 0.29) is 5.91 Å². The predicted molar refractivity (Wildman–Crippen MR) is 73.0 cm³/mol. The molecular weight excluding hydrogens is 298 g/mol. The van der Waals surface area contributed by atoms with Crippen LogP contribution in [0.1, 0.15) is 12.5 Å². The predicted octanol–water partition coefficient (Wildman–Crippen LogP) is 1.16. The van der Waals surface area contributed by atoms with Crippen LogP contribution in [0.3, 0.4) is 0 Å². The highest BCUT2D eigenvalue weighted by Crippen LogP contribution is 2.15. The van der Waals surface area contributed by atoms with Crippen LogP contribution < -0.4 is 16.4 Å². The maximum absolute atomic E-state index is 11.6. The smallest absolute Gasteiger partial charge is 0.312 e. The first kappa shape index (κ1) is 14.5. The normalized spacial score (nSPS) is 11.7. The second-order valence-corrected chi connectivity index (χ2v) is 4.72. The van der Waals surface area contributed by atoms with Gasteiger partial charge in [-0.3, -0.25) is 4.79 Å². The Bertz CT molecular complexity index is 437. The van der Waals surface area contributed by atoms with Gasteiger partial charge in [0.2, 0.25) is 5.91 Å². The Morgan fingerprint density at radius 2 is 2.06 bits per heavy atom. The molecule has 4 N–H and O–H groups in total. The molecule has 0 aromatic heterocycles. The zero-order chi connectivity index (χ0) is 13.5. The molecule has 0 fully saturated rings. The van der Waals surface area contributed by atoms with E-state index in [9.17, 15) is 9.59 Å². The van der Waals surface area contributed by atoms with Gasteiger partial charge in [0, 0.05) is 11.0 Å². The number of urea groups is 1. The van der Waals surface area contributed by atoms with Crippen LogP contribution in [0.2, 0.25) is 0 Å². The van der Waals surface area contributed by atoms with Crippen LogP contribution in [0, 0.1) is 0 Å². The molecule has 1 atom stereocenters. The minimum absolute atomic E-state index is 0.249. The minimum atomic E-state index is -0.705. The van der Waals surface area contributed by atoms with E-state index in [0.29, 0.717) is 6.54 Å². The summed E-state index contributed by atoms with van der Waals surface area (Å²) in [6.07, 6.45) is 0.719. The Morgan fingerprint density at radius 3 is 2.67 bits per heavy atom. The van der Waals surface area contributed by atoms with Crippen molar-refractivity contribution in [3.8, 4) is 0 Å². The summed E-state index contributed by atoms with van der Waals surface area (Å²) in [5, 5.41) is 5.05. The van der Waals surface area contributed by atoms with Crippen LogP contribution >= 0.6 is 15.9 Å². The van der Waals surface area contributed by atoms with E-state index in [1.807, 2.05) is 24.3 Å². The van der Waals surface area contributed by atoms with Gasteiger partial charge in [0.1, 0.15) is 6.04 Å². The highest BCUT2D eigenvalue weighted by Gasteiger charge is 2.13. The molecule has 0 heterocycles. The van der Waals surface area contributed by atoms with Crippen molar-refractivity contribution in [3.05, 3.63) is 34.3 Å². The quantitative estimate of drug-likeness (QED) is 0.762. The largest absolute Gasteiger partial charge is 0.354 e. The second kappa shape index (κ2) is 7.00. The Morgan fingerprint density at radius 1 is 1.39 bits per heavy atom. The summed E-state index contributed by atoms with van der Waals surface area (Å²) in [5.41, 5.74) is 6.05. The highest BCUT2D eigenvalue weighted by atomic mass is 79.9. The molecule has 98 valence electrons. The highest BCUT2D eigenvalue weighted by molar-refractivity contribution is 9.10. The number of halogens is 1. The average molecular weight is 314 g/mol. The van der Waals surface area contributed by atoms with E-state index in [2.05, 4.69) is 26.6 Å². The van der Waals surface area contributed by atoms with Gasteiger partial charge in [-0.2, -0.15) is 0 Å². The molecule has 0 saturated carbocycles. The second-order valence-electron chi connectivity index (χ2n) is 3.86. The number of carbonyl (C=O) groups excluding carboxylic acids is 2. The number of hydrogen-bond donors (Lipinski definition) is 3. The maximum Gasteiger partial charge on any atom is 0.312 e. The third-order valence-corrected chi connectivity index (χ3v) is 3.18. The molecule has 0 aliphatic carbocycles. The number of hydrogen-bond acceptors (Lipinski definition) is 2. The van der Waals surface area contributed by atoms with Crippen LogP contribution in [-0.2, 0) is 11.2 Å². The standard InChI is InChI=1S/C12H16BrN3O2/c1-8(16-12(14)18)11(17)15-7-6-9-4-2-3-5-10(9)13/h2-5,8H,6-7H2,1H3,(H,15,17)(H3,14,16,18). The first-order chi connectivity index (χ1) is 8.50. The van der Waals surface area contributed by atoms with Crippen LogP contribution in [-0.4, -0.2) is 24.5 Å². The van der Waals surface area contributed by atoms with Crippen molar-refractivity contribution in [2.45, 2.75) is 19.4 Å². The van der Waals surface area contributed by atoms with E-state index in [1.54, 1.807) is 6.92 Å². The summed E-state index contributed by atoms with van der Waals surface area (Å²) in [4.78, 5) is 22.1. The zero-order valence-electron chi connectivity index (χ0n) is 10.1. The molecule has 1 rings (SSSR count). The monoisotopic (exact) mass is 313 g/mol. The molecule has 6 heteroatoms. The van der Waals surface area contributed by atoms with Crippen molar-refractivity contribution >= 4 is 27.9 Å². The molecule has 0 aliphatic heterocycles. The van der Waals surface area contributed by atoms with E-state index < -0.39 is 12.1 Å². The van der Waals surface area contributed by atoms with Crippen molar-refractivity contribution in [1.29, 1.82) is 0 Å². The number of primary amides is 1. The van der Waals surface area contributed by atoms with Crippen molar-refractivity contribution in [1.82, 2.24) is 10.6 Å². The zero-order valence-corrected chi connectivity index (χ0v) is 11.7. The summed E-state index contributed by atoms with van der Waals surface area (Å²) in [6.45, 7) is 2.09. The van der Waals surface area contributed by atoms with E-state index in [0.717, 1.165) is 16.5 Å². The van der Waals surface area contributed by atoms with Gasteiger partial charge in [0.15, 0.2) is 0 Å². The number of benzene rings is 1. The fraction of sp³-hybridized carbons (Fsp3) is 0.333. The Hall–Kier alpha value is -1.56. The molecule has 1 aromatic carbocycles. The number of nitrogens with one attached hydrogen (secondary N) is 2. The number of nitrogens with two attached hydrogens (primary N) is 1. The molecule has 18 heavy (non-hydrogen) atoms. The van der Waals surface area contributed by atoms with Gasteiger partial charge in [-0.05, 0) is 25.0 Å². The third-order valence-electron chi connectivity index (χ3n) is 2.40. The third kappa shape index (κ3) is 4.75. The maximum atomic E-state index is 11.6. The minimum Gasteiger partial charge on any atom is -0.354 e. The van der Waals surface area contributed by atoms with Crippen molar-refractivity contribution in [2.75, 3.05) is 6.54 Å². The van der Waals surface area contributed by atoms with Crippen LogP contribution in [0.4, 0.5) is 4.79 Å².